The first kappa shape index (κ1) is 27.6. The molecule has 0 unspecified atom stereocenters. The third-order valence-electron chi connectivity index (χ3n) is 8.69. The standard InChI is InChI=1S/C42H26N6/c1-4-12-27(13-5-1)36-37(28-14-6-2-7-15-28)40-34(33-24-43-26-45-39(33)36)25-44-41(48-40)30-20-22-31(23-21-30)42-46-35-19-11-10-18-32(35)38(47-42)29-16-8-3-9-17-29/h1-26H. The van der Waals surface area contributed by atoms with Crippen LogP contribution in [0.5, 0.6) is 0 Å². The lowest BCUT2D eigenvalue weighted by molar-refractivity contribution is 1.21. The number of para-hydroxylation sites is 1. The maximum Gasteiger partial charge on any atom is 0.160 e. The Balaban J connectivity index is 1.21. The van der Waals surface area contributed by atoms with E-state index in [0.717, 1.165) is 77.3 Å². The van der Waals surface area contributed by atoms with Gasteiger partial charge >= 0.3 is 0 Å². The highest BCUT2D eigenvalue weighted by atomic mass is 14.9. The van der Waals surface area contributed by atoms with Gasteiger partial charge in [-0.15, -0.1) is 0 Å². The third-order valence-corrected chi connectivity index (χ3v) is 8.69. The van der Waals surface area contributed by atoms with Crippen LogP contribution in [0.15, 0.2) is 158 Å². The number of aromatic nitrogens is 6. The Morgan fingerprint density at radius 2 is 0.917 bits per heavy atom. The van der Waals surface area contributed by atoms with E-state index < -0.39 is 0 Å². The van der Waals surface area contributed by atoms with Gasteiger partial charge in [0.1, 0.15) is 6.33 Å². The summed E-state index contributed by atoms with van der Waals surface area (Å²) in [6, 6.07) is 47.3. The van der Waals surface area contributed by atoms with Crippen molar-refractivity contribution in [2.24, 2.45) is 0 Å². The predicted molar refractivity (Wildman–Crippen MR) is 193 cm³/mol. The average Bonchev–Trinajstić information content (AvgIpc) is 3.18. The van der Waals surface area contributed by atoms with E-state index in [1.165, 1.54) is 0 Å². The number of nitrogens with zero attached hydrogens (tertiary/aromatic N) is 6. The molecule has 224 valence electrons. The molecule has 0 aliphatic heterocycles. The Kier molecular flexibility index (Phi) is 6.68. The van der Waals surface area contributed by atoms with Gasteiger partial charge in [-0.05, 0) is 17.2 Å². The maximum absolute atomic E-state index is 5.26. The topological polar surface area (TPSA) is 77.3 Å². The Hall–Kier alpha value is -6.66. The minimum atomic E-state index is 0.630. The Bertz CT molecular complexity index is 2590. The van der Waals surface area contributed by atoms with Crippen molar-refractivity contribution in [3.05, 3.63) is 158 Å². The lowest BCUT2D eigenvalue weighted by atomic mass is 9.89. The molecular formula is C42H26N6. The lowest BCUT2D eigenvalue weighted by Crippen LogP contribution is -1.98. The molecule has 0 aliphatic rings. The molecule has 0 bridgehead atoms. The summed E-state index contributed by atoms with van der Waals surface area (Å²) in [6.07, 6.45) is 5.36. The summed E-state index contributed by atoms with van der Waals surface area (Å²) in [4.78, 5) is 29.3. The Morgan fingerprint density at radius 1 is 0.354 bits per heavy atom. The molecule has 0 spiro atoms. The van der Waals surface area contributed by atoms with Crippen LogP contribution in [0.25, 0.3) is 89.0 Å². The van der Waals surface area contributed by atoms with Crippen LogP contribution in [0.1, 0.15) is 0 Å². The van der Waals surface area contributed by atoms with Crippen LogP contribution < -0.4 is 0 Å². The minimum absolute atomic E-state index is 0.630. The van der Waals surface area contributed by atoms with Crippen molar-refractivity contribution in [1.82, 2.24) is 29.9 Å². The summed E-state index contributed by atoms with van der Waals surface area (Å²) in [7, 11) is 0. The van der Waals surface area contributed by atoms with Gasteiger partial charge in [-0.2, -0.15) is 0 Å². The van der Waals surface area contributed by atoms with Crippen molar-refractivity contribution < 1.29 is 0 Å². The van der Waals surface area contributed by atoms with Gasteiger partial charge in [-0.3, -0.25) is 0 Å². The molecule has 9 aromatic rings. The van der Waals surface area contributed by atoms with Crippen molar-refractivity contribution in [2.75, 3.05) is 0 Å². The molecule has 0 saturated heterocycles. The second kappa shape index (κ2) is 11.6. The van der Waals surface area contributed by atoms with Gasteiger partial charge < -0.3 is 0 Å². The van der Waals surface area contributed by atoms with Gasteiger partial charge in [0.25, 0.3) is 0 Å². The quantitative estimate of drug-likeness (QED) is 0.180. The normalized spacial score (nSPS) is 11.3. The van der Waals surface area contributed by atoms with E-state index in [9.17, 15) is 0 Å². The van der Waals surface area contributed by atoms with Gasteiger partial charge in [-0.25, -0.2) is 29.9 Å². The molecule has 0 radical (unpaired) electrons. The van der Waals surface area contributed by atoms with E-state index in [0.29, 0.717) is 11.6 Å². The average molecular weight is 615 g/mol. The van der Waals surface area contributed by atoms with Crippen LogP contribution in [-0.4, -0.2) is 29.9 Å². The number of fused-ring (bicyclic) bond motifs is 4. The van der Waals surface area contributed by atoms with Gasteiger partial charge in [0.15, 0.2) is 11.6 Å². The van der Waals surface area contributed by atoms with Crippen molar-refractivity contribution in [1.29, 1.82) is 0 Å². The second-order valence-corrected chi connectivity index (χ2v) is 11.6. The van der Waals surface area contributed by atoms with Crippen LogP contribution in [-0.2, 0) is 0 Å². The van der Waals surface area contributed by atoms with Crippen LogP contribution in [0.3, 0.4) is 0 Å². The van der Waals surface area contributed by atoms with E-state index in [1.807, 2.05) is 85.2 Å². The van der Waals surface area contributed by atoms with E-state index in [-0.39, 0.29) is 0 Å². The number of hydrogen-bond donors (Lipinski definition) is 0. The predicted octanol–water partition coefficient (Wildman–Crippen LogP) is 9.85. The van der Waals surface area contributed by atoms with Crippen molar-refractivity contribution in [3.8, 4) is 56.3 Å². The molecule has 3 heterocycles. The molecule has 0 aliphatic carbocycles. The Labute approximate surface area is 276 Å². The van der Waals surface area contributed by atoms with Crippen LogP contribution in [0.2, 0.25) is 0 Å². The van der Waals surface area contributed by atoms with E-state index in [2.05, 4.69) is 71.7 Å². The minimum Gasteiger partial charge on any atom is -0.244 e. The molecule has 6 aromatic carbocycles. The highest BCUT2D eigenvalue weighted by Gasteiger charge is 2.21. The molecule has 6 nitrogen and oxygen atoms in total. The number of rotatable bonds is 5. The van der Waals surface area contributed by atoms with E-state index in [1.54, 1.807) is 6.33 Å². The summed E-state index contributed by atoms with van der Waals surface area (Å²) in [5, 5.41) is 2.84. The molecule has 6 heteroatoms. The smallest absolute Gasteiger partial charge is 0.160 e. The highest BCUT2D eigenvalue weighted by Crippen LogP contribution is 2.43. The van der Waals surface area contributed by atoms with Gasteiger partial charge in [0.2, 0.25) is 0 Å². The van der Waals surface area contributed by atoms with Gasteiger partial charge in [-0.1, -0.05) is 133 Å². The van der Waals surface area contributed by atoms with Crippen LogP contribution in [0.4, 0.5) is 0 Å². The van der Waals surface area contributed by atoms with Gasteiger partial charge in [0.05, 0.1) is 22.2 Å². The first-order valence-corrected chi connectivity index (χ1v) is 15.8. The fourth-order valence-electron chi connectivity index (χ4n) is 6.43. The molecule has 0 fully saturated rings. The summed E-state index contributed by atoms with van der Waals surface area (Å²) >= 11 is 0. The molecule has 9 rings (SSSR count). The monoisotopic (exact) mass is 614 g/mol. The summed E-state index contributed by atoms with van der Waals surface area (Å²) < 4.78 is 0. The molecule has 3 aromatic heterocycles. The molecular weight excluding hydrogens is 589 g/mol. The molecule has 0 amide bonds. The van der Waals surface area contributed by atoms with Crippen molar-refractivity contribution in [3.63, 3.8) is 0 Å². The summed E-state index contributed by atoms with van der Waals surface area (Å²) in [6.45, 7) is 0. The zero-order valence-corrected chi connectivity index (χ0v) is 25.7. The SMILES string of the molecule is c1ccc(-c2nc(-c3ccc(-c4ncc5c(n4)c(-c4ccccc4)c(-c4ccccc4)c4ncncc45)cc3)nc3ccccc23)cc1. The van der Waals surface area contributed by atoms with Gasteiger partial charge in [0, 0.05) is 56.4 Å². The fraction of sp³-hybridized carbons (Fsp3) is 0. The van der Waals surface area contributed by atoms with Crippen LogP contribution >= 0.6 is 0 Å². The maximum atomic E-state index is 5.26. The molecule has 48 heavy (non-hydrogen) atoms. The van der Waals surface area contributed by atoms with E-state index in [4.69, 9.17) is 24.9 Å². The lowest BCUT2D eigenvalue weighted by Gasteiger charge is -2.17. The molecule has 0 saturated carbocycles. The van der Waals surface area contributed by atoms with E-state index >= 15 is 0 Å². The third kappa shape index (κ3) is 4.75. The zero-order valence-electron chi connectivity index (χ0n) is 25.7. The Morgan fingerprint density at radius 3 is 1.60 bits per heavy atom. The van der Waals surface area contributed by atoms with Crippen molar-refractivity contribution >= 4 is 32.7 Å². The molecule has 0 N–H and O–H groups in total. The van der Waals surface area contributed by atoms with Crippen molar-refractivity contribution in [2.45, 2.75) is 0 Å². The molecule has 0 atom stereocenters. The summed E-state index contributed by atoms with van der Waals surface area (Å²) in [5.74, 6) is 1.30. The fourth-order valence-corrected chi connectivity index (χ4v) is 6.43. The zero-order chi connectivity index (χ0) is 31.9. The first-order valence-electron chi connectivity index (χ1n) is 15.8. The first-order chi connectivity index (χ1) is 23.8. The second-order valence-electron chi connectivity index (χ2n) is 11.6. The number of hydrogen-bond acceptors (Lipinski definition) is 6. The number of benzene rings is 6. The highest BCUT2D eigenvalue weighted by molar-refractivity contribution is 6.19. The summed E-state index contributed by atoms with van der Waals surface area (Å²) in [5.41, 5.74) is 10.6. The largest absolute Gasteiger partial charge is 0.244 e. The van der Waals surface area contributed by atoms with Crippen LogP contribution in [0, 0.1) is 0 Å².